The summed E-state index contributed by atoms with van der Waals surface area (Å²) in [6, 6.07) is 0.371. The van der Waals surface area contributed by atoms with Gasteiger partial charge < -0.3 is 10.2 Å². The Kier molecular flexibility index (Phi) is 9.40. The van der Waals surface area contributed by atoms with Crippen molar-refractivity contribution in [2.75, 3.05) is 52.4 Å². The number of likely N-dealkylation sites (N-methyl/N-ethyl adjacent to an activating group) is 1. The number of rotatable bonds is 7. The van der Waals surface area contributed by atoms with Crippen molar-refractivity contribution in [3.8, 4) is 0 Å². The number of hydrogen-bond donors (Lipinski definition) is 1. The molecule has 26 heavy (non-hydrogen) atoms. The molecule has 0 unspecified atom stereocenters. The summed E-state index contributed by atoms with van der Waals surface area (Å²) in [5.41, 5.74) is 0. The lowest BCUT2D eigenvalue weighted by atomic mass is 9.97. The van der Waals surface area contributed by atoms with Crippen LogP contribution in [0.5, 0.6) is 0 Å². The first kappa shape index (κ1) is 21.2. The standard InChI is InChI=1S/C20H38N4O2/c1-3-24(4-2)20(26)17-23-14-12-22(13-15-23)16-19(25)21-18-10-8-6-5-7-9-11-18/h18H,3-17H2,1-2H3,(H,21,25). The maximum absolute atomic E-state index is 12.4. The topological polar surface area (TPSA) is 55.9 Å². The van der Waals surface area contributed by atoms with Crippen LogP contribution >= 0.6 is 0 Å². The van der Waals surface area contributed by atoms with E-state index in [1.165, 1.54) is 32.1 Å². The molecular formula is C20H38N4O2. The number of carbonyl (C=O) groups is 2. The lowest BCUT2D eigenvalue weighted by Gasteiger charge is -2.35. The fourth-order valence-corrected chi connectivity index (χ4v) is 4.05. The van der Waals surface area contributed by atoms with E-state index in [1.807, 2.05) is 18.7 Å². The minimum atomic E-state index is 0.170. The molecule has 1 aliphatic heterocycles. The first-order valence-corrected chi connectivity index (χ1v) is 10.6. The van der Waals surface area contributed by atoms with Gasteiger partial charge in [0.25, 0.3) is 0 Å². The first-order valence-electron chi connectivity index (χ1n) is 10.6. The van der Waals surface area contributed by atoms with Gasteiger partial charge in [0.05, 0.1) is 13.1 Å². The predicted molar refractivity (Wildman–Crippen MR) is 105 cm³/mol. The molecule has 150 valence electrons. The first-order chi connectivity index (χ1) is 12.6. The van der Waals surface area contributed by atoms with Crippen LogP contribution < -0.4 is 5.32 Å². The fraction of sp³-hybridized carbons (Fsp3) is 0.900. The normalized spacial score (nSPS) is 21.0. The van der Waals surface area contributed by atoms with Crippen molar-refractivity contribution in [3.63, 3.8) is 0 Å². The van der Waals surface area contributed by atoms with Crippen LogP contribution in [-0.4, -0.2) is 84.9 Å². The van der Waals surface area contributed by atoms with Crippen LogP contribution in [-0.2, 0) is 9.59 Å². The Morgan fingerprint density at radius 1 is 0.846 bits per heavy atom. The van der Waals surface area contributed by atoms with E-state index in [4.69, 9.17) is 0 Å². The smallest absolute Gasteiger partial charge is 0.236 e. The SMILES string of the molecule is CCN(CC)C(=O)CN1CCN(CC(=O)NC2CCCCCCC2)CC1. The van der Waals surface area contributed by atoms with E-state index >= 15 is 0 Å². The largest absolute Gasteiger partial charge is 0.352 e. The molecule has 1 saturated carbocycles. The zero-order chi connectivity index (χ0) is 18.8. The second kappa shape index (κ2) is 11.5. The number of amides is 2. The fourth-order valence-electron chi connectivity index (χ4n) is 4.05. The van der Waals surface area contributed by atoms with Gasteiger partial charge in [0.2, 0.25) is 11.8 Å². The van der Waals surface area contributed by atoms with Crippen molar-refractivity contribution in [3.05, 3.63) is 0 Å². The van der Waals surface area contributed by atoms with Crippen LogP contribution in [0.3, 0.4) is 0 Å². The van der Waals surface area contributed by atoms with Crippen molar-refractivity contribution in [1.29, 1.82) is 0 Å². The average Bonchev–Trinajstić information content (AvgIpc) is 2.60. The number of nitrogens with one attached hydrogen (secondary N) is 1. The van der Waals surface area contributed by atoms with Crippen molar-refractivity contribution < 1.29 is 9.59 Å². The molecule has 0 radical (unpaired) electrons. The average molecular weight is 367 g/mol. The van der Waals surface area contributed by atoms with Crippen molar-refractivity contribution in [2.45, 2.75) is 64.8 Å². The summed E-state index contributed by atoms with van der Waals surface area (Å²) in [7, 11) is 0. The van der Waals surface area contributed by atoms with Crippen LogP contribution in [0.25, 0.3) is 0 Å². The van der Waals surface area contributed by atoms with E-state index in [-0.39, 0.29) is 11.8 Å². The van der Waals surface area contributed by atoms with Crippen LogP contribution in [0, 0.1) is 0 Å². The molecule has 0 aromatic heterocycles. The predicted octanol–water partition coefficient (Wildman–Crippen LogP) is 1.70. The highest BCUT2D eigenvalue weighted by Gasteiger charge is 2.23. The molecule has 2 fully saturated rings. The van der Waals surface area contributed by atoms with Gasteiger partial charge in [-0.1, -0.05) is 32.1 Å². The molecule has 0 aromatic carbocycles. The molecule has 2 aliphatic rings. The Labute approximate surface area is 159 Å². The minimum Gasteiger partial charge on any atom is -0.352 e. The molecule has 0 atom stereocenters. The second-order valence-electron chi connectivity index (χ2n) is 7.73. The summed E-state index contributed by atoms with van der Waals surface area (Å²) in [4.78, 5) is 30.9. The number of piperazine rings is 1. The molecule has 0 spiro atoms. The highest BCUT2D eigenvalue weighted by molar-refractivity contribution is 5.78. The van der Waals surface area contributed by atoms with Gasteiger partial charge in [-0.15, -0.1) is 0 Å². The molecule has 6 heteroatoms. The molecule has 0 bridgehead atoms. The third kappa shape index (κ3) is 7.23. The minimum absolute atomic E-state index is 0.170. The zero-order valence-electron chi connectivity index (χ0n) is 16.8. The summed E-state index contributed by atoms with van der Waals surface area (Å²) in [6.07, 6.45) is 8.71. The van der Waals surface area contributed by atoms with Crippen LogP contribution in [0.4, 0.5) is 0 Å². The van der Waals surface area contributed by atoms with Gasteiger partial charge in [-0.3, -0.25) is 19.4 Å². The molecule has 1 aliphatic carbocycles. The van der Waals surface area contributed by atoms with Gasteiger partial charge in [-0.2, -0.15) is 0 Å². The zero-order valence-corrected chi connectivity index (χ0v) is 16.8. The Bertz CT molecular complexity index is 424. The molecule has 0 aromatic rings. The molecule has 2 rings (SSSR count). The number of hydrogen-bond acceptors (Lipinski definition) is 4. The Morgan fingerprint density at radius 3 is 1.88 bits per heavy atom. The van der Waals surface area contributed by atoms with Crippen molar-refractivity contribution in [2.24, 2.45) is 0 Å². The quantitative estimate of drug-likeness (QED) is 0.745. The second-order valence-corrected chi connectivity index (χ2v) is 7.73. The van der Waals surface area contributed by atoms with Gasteiger partial charge in [0.15, 0.2) is 0 Å². The summed E-state index contributed by atoms with van der Waals surface area (Å²) in [6.45, 7) is 10.0. The Balaban J connectivity index is 1.66. The highest BCUT2D eigenvalue weighted by Crippen LogP contribution is 2.17. The lowest BCUT2D eigenvalue weighted by molar-refractivity contribution is -0.133. The third-order valence-corrected chi connectivity index (χ3v) is 5.78. The maximum atomic E-state index is 12.4. The van der Waals surface area contributed by atoms with Crippen molar-refractivity contribution >= 4 is 11.8 Å². The monoisotopic (exact) mass is 366 g/mol. The van der Waals surface area contributed by atoms with Crippen LogP contribution in [0.15, 0.2) is 0 Å². The van der Waals surface area contributed by atoms with E-state index in [1.54, 1.807) is 0 Å². The van der Waals surface area contributed by atoms with E-state index in [9.17, 15) is 9.59 Å². The van der Waals surface area contributed by atoms with E-state index in [0.717, 1.165) is 52.1 Å². The summed E-state index contributed by atoms with van der Waals surface area (Å²) in [5, 5.41) is 3.25. The van der Waals surface area contributed by atoms with Crippen LogP contribution in [0.2, 0.25) is 0 Å². The van der Waals surface area contributed by atoms with E-state index in [2.05, 4.69) is 15.1 Å². The van der Waals surface area contributed by atoms with Gasteiger partial charge >= 0.3 is 0 Å². The Morgan fingerprint density at radius 2 is 1.35 bits per heavy atom. The van der Waals surface area contributed by atoms with E-state index < -0.39 is 0 Å². The molecule has 1 N–H and O–H groups in total. The number of carbonyl (C=O) groups excluding carboxylic acids is 2. The molecular weight excluding hydrogens is 328 g/mol. The third-order valence-electron chi connectivity index (χ3n) is 5.78. The molecule has 2 amide bonds. The lowest BCUT2D eigenvalue weighted by Crippen LogP contribution is -2.52. The molecule has 1 saturated heterocycles. The maximum Gasteiger partial charge on any atom is 0.236 e. The summed E-state index contributed by atoms with van der Waals surface area (Å²) in [5.74, 6) is 0.383. The summed E-state index contributed by atoms with van der Waals surface area (Å²) >= 11 is 0. The van der Waals surface area contributed by atoms with E-state index in [0.29, 0.717) is 19.1 Å². The molecule has 1 heterocycles. The Hall–Kier alpha value is -1.14. The van der Waals surface area contributed by atoms with Crippen molar-refractivity contribution in [1.82, 2.24) is 20.0 Å². The van der Waals surface area contributed by atoms with Crippen LogP contribution in [0.1, 0.15) is 58.8 Å². The van der Waals surface area contributed by atoms with Gasteiger partial charge in [-0.25, -0.2) is 0 Å². The highest BCUT2D eigenvalue weighted by atomic mass is 16.2. The van der Waals surface area contributed by atoms with Gasteiger partial charge in [-0.05, 0) is 26.7 Å². The summed E-state index contributed by atoms with van der Waals surface area (Å²) < 4.78 is 0. The van der Waals surface area contributed by atoms with Gasteiger partial charge in [0.1, 0.15) is 0 Å². The molecule has 6 nitrogen and oxygen atoms in total. The number of nitrogens with zero attached hydrogens (tertiary/aromatic N) is 3. The van der Waals surface area contributed by atoms with Gasteiger partial charge in [0, 0.05) is 45.3 Å².